The molecule has 1 amide bonds. The number of hydrogen-bond acceptors (Lipinski definition) is 2. The lowest BCUT2D eigenvalue weighted by atomic mass is 9.77. The number of rotatable bonds is 3. The van der Waals surface area contributed by atoms with Gasteiger partial charge >= 0.3 is 0 Å². The van der Waals surface area contributed by atoms with Crippen LogP contribution in [-0.4, -0.2) is 29.0 Å². The minimum Gasteiger partial charge on any atom is -0.385 e. The van der Waals surface area contributed by atoms with E-state index in [2.05, 4.69) is 0 Å². The Morgan fingerprint density at radius 1 is 1.14 bits per heavy atom. The van der Waals surface area contributed by atoms with E-state index in [4.69, 9.17) is 0 Å². The van der Waals surface area contributed by atoms with Crippen LogP contribution in [0.3, 0.4) is 0 Å². The van der Waals surface area contributed by atoms with E-state index in [-0.39, 0.29) is 12.3 Å². The highest BCUT2D eigenvalue weighted by Crippen LogP contribution is 2.46. The molecule has 1 atom stereocenters. The zero-order chi connectivity index (χ0) is 15.6. The van der Waals surface area contributed by atoms with E-state index in [1.165, 1.54) is 25.7 Å². The molecule has 1 saturated heterocycles. The Labute approximate surface area is 133 Å². The van der Waals surface area contributed by atoms with E-state index in [0.717, 1.165) is 31.5 Å². The summed E-state index contributed by atoms with van der Waals surface area (Å²) in [6.07, 6.45) is 7.86. The Kier molecular flexibility index (Phi) is 4.26. The van der Waals surface area contributed by atoms with Gasteiger partial charge in [0.25, 0.3) is 0 Å². The number of benzene rings is 1. The van der Waals surface area contributed by atoms with Gasteiger partial charge in [-0.1, -0.05) is 43.2 Å². The summed E-state index contributed by atoms with van der Waals surface area (Å²) in [4.78, 5) is 14.5. The van der Waals surface area contributed by atoms with E-state index in [1.54, 1.807) is 6.92 Å². The molecule has 0 aromatic heterocycles. The summed E-state index contributed by atoms with van der Waals surface area (Å²) in [6, 6.07) is 9.50. The summed E-state index contributed by atoms with van der Waals surface area (Å²) in [5.74, 6) is 0.0849. The highest BCUT2D eigenvalue weighted by molar-refractivity contribution is 5.77. The van der Waals surface area contributed by atoms with Gasteiger partial charge in [-0.25, -0.2) is 0 Å². The molecule has 1 unspecified atom stereocenters. The first-order chi connectivity index (χ1) is 10.5. The topological polar surface area (TPSA) is 40.5 Å². The van der Waals surface area contributed by atoms with Crippen molar-refractivity contribution < 1.29 is 9.90 Å². The zero-order valence-electron chi connectivity index (χ0n) is 13.6. The van der Waals surface area contributed by atoms with Crippen molar-refractivity contribution in [1.29, 1.82) is 0 Å². The molecule has 1 aromatic carbocycles. The smallest absolute Gasteiger partial charge is 0.225 e. The van der Waals surface area contributed by atoms with Crippen molar-refractivity contribution in [2.75, 3.05) is 13.1 Å². The molecule has 0 radical (unpaired) electrons. The average Bonchev–Trinajstić information content (AvgIpc) is 2.96. The lowest BCUT2D eigenvalue weighted by Crippen LogP contribution is -2.44. The molecule has 1 N–H and O–H groups in total. The second-order valence-electron chi connectivity index (χ2n) is 7.40. The number of carbonyl (C=O) groups is 1. The molecule has 1 spiro atoms. The minimum atomic E-state index is -1.08. The Balaban J connectivity index is 1.58. The maximum atomic E-state index is 12.6. The number of piperidine rings is 1. The van der Waals surface area contributed by atoms with Gasteiger partial charge in [-0.3, -0.25) is 4.79 Å². The van der Waals surface area contributed by atoms with Crippen molar-refractivity contribution in [3.63, 3.8) is 0 Å². The molecular weight excluding hydrogens is 274 g/mol. The first kappa shape index (κ1) is 15.5. The molecule has 120 valence electrons. The number of nitrogens with zero attached hydrogens (tertiary/aromatic N) is 1. The van der Waals surface area contributed by atoms with Gasteiger partial charge in [0.05, 0.1) is 12.0 Å². The van der Waals surface area contributed by atoms with Crippen molar-refractivity contribution in [3.05, 3.63) is 35.9 Å². The fourth-order valence-electron chi connectivity index (χ4n) is 4.16. The van der Waals surface area contributed by atoms with Gasteiger partial charge < -0.3 is 10.0 Å². The number of likely N-dealkylation sites (tertiary alicyclic amines) is 1. The third kappa shape index (κ3) is 3.19. The fraction of sp³-hybridized carbons (Fsp3) is 0.632. The van der Waals surface area contributed by atoms with E-state index >= 15 is 0 Å². The second-order valence-corrected chi connectivity index (χ2v) is 7.40. The number of hydrogen-bond donors (Lipinski definition) is 1. The molecule has 1 saturated carbocycles. The summed E-state index contributed by atoms with van der Waals surface area (Å²) < 4.78 is 0. The maximum absolute atomic E-state index is 12.6. The number of carbonyl (C=O) groups excluding carboxylic acids is 1. The standard InChI is InChI=1S/C19H27NO2/c1-18(22,16-7-3-2-4-8-16)15-17(21)20-13-11-19(12-14-20)9-5-6-10-19/h2-4,7-8,22H,5-6,9-15H2,1H3. The first-order valence-electron chi connectivity index (χ1n) is 8.57. The predicted molar refractivity (Wildman–Crippen MR) is 87.3 cm³/mol. The maximum Gasteiger partial charge on any atom is 0.225 e. The molecule has 0 bridgehead atoms. The molecular formula is C19H27NO2. The lowest BCUT2D eigenvalue weighted by molar-refractivity contribution is -0.138. The molecule has 22 heavy (non-hydrogen) atoms. The summed E-state index contributed by atoms with van der Waals surface area (Å²) in [7, 11) is 0. The van der Waals surface area contributed by atoms with Gasteiger partial charge in [0, 0.05) is 13.1 Å². The second kappa shape index (κ2) is 6.04. The van der Waals surface area contributed by atoms with Crippen molar-refractivity contribution in [3.8, 4) is 0 Å². The lowest BCUT2D eigenvalue weighted by Gasteiger charge is -2.40. The van der Waals surface area contributed by atoms with Crippen LogP contribution in [0.15, 0.2) is 30.3 Å². The minimum absolute atomic E-state index is 0.0849. The van der Waals surface area contributed by atoms with Crippen LogP contribution in [0.5, 0.6) is 0 Å². The van der Waals surface area contributed by atoms with Gasteiger partial charge in [0.2, 0.25) is 5.91 Å². The van der Waals surface area contributed by atoms with Crippen LogP contribution in [0.2, 0.25) is 0 Å². The van der Waals surface area contributed by atoms with Gasteiger partial charge in [0.1, 0.15) is 0 Å². The van der Waals surface area contributed by atoms with Crippen LogP contribution in [0, 0.1) is 5.41 Å². The zero-order valence-corrected chi connectivity index (χ0v) is 13.6. The summed E-state index contributed by atoms with van der Waals surface area (Å²) >= 11 is 0. The third-order valence-electron chi connectivity index (χ3n) is 5.73. The van der Waals surface area contributed by atoms with Crippen LogP contribution in [0.25, 0.3) is 0 Å². The van der Waals surface area contributed by atoms with Crippen LogP contribution < -0.4 is 0 Å². The Morgan fingerprint density at radius 3 is 2.32 bits per heavy atom. The molecule has 1 aliphatic carbocycles. The molecule has 3 rings (SSSR count). The van der Waals surface area contributed by atoms with Crippen molar-refractivity contribution >= 4 is 5.91 Å². The van der Waals surface area contributed by atoms with Crippen LogP contribution in [-0.2, 0) is 10.4 Å². The Morgan fingerprint density at radius 2 is 1.73 bits per heavy atom. The van der Waals surface area contributed by atoms with Crippen molar-refractivity contribution in [1.82, 2.24) is 4.90 Å². The third-order valence-corrected chi connectivity index (χ3v) is 5.73. The SMILES string of the molecule is CC(O)(CC(=O)N1CCC2(CCCC2)CC1)c1ccccc1. The van der Waals surface area contributed by atoms with Gasteiger partial charge in [-0.2, -0.15) is 0 Å². The first-order valence-corrected chi connectivity index (χ1v) is 8.57. The average molecular weight is 301 g/mol. The summed E-state index contributed by atoms with van der Waals surface area (Å²) in [5.41, 5.74) is 0.257. The van der Waals surface area contributed by atoms with E-state index in [9.17, 15) is 9.90 Å². The van der Waals surface area contributed by atoms with Gasteiger partial charge in [-0.05, 0) is 43.6 Å². The highest BCUT2D eigenvalue weighted by atomic mass is 16.3. The monoisotopic (exact) mass is 301 g/mol. The molecule has 3 nitrogen and oxygen atoms in total. The van der Waals surface area contributed by atoms with E-state index < -0.39 is 5.60 Å². The van der Waals surface area contributed by atoms with Crippen LogP contribution in [0.4, 0.5) is 0 Å². The number of aliphatic hydroxyl groups is 1. The highest BCUT2D eigenvalue weighted by Gasteiger charge is 2.39. The summed E-state index contributed by atoms with van der Waals surface area (Å²) in [6.45, 7) is 3.47. The van der Waals surface area contributed by atoms with Crippen molar-refractivity contribution in [2.45, 2.75) is 57.5 Å². The molecule has 2 aliphatic rings. The van der Waals surface area contributed by atoms with Crippen LogP contribution in [0.1, 0.15) is 57.4 Å². The fourth-order valence-corrected chi connectivity index (χ4v) is 4.16. The van der Waals surface area contributed by atoms with Gasteiger partial charge in [-0.15, -0.1) is 0 Å². The molecule has 2 fully saturated rings. The largest absolute Gasteiger partial charge is 0.385 e. The molecule has 1 aliphatic heterocycles. The summed E-state index contributed by atoms with van der Waals surface area (Å²) in [5, 5.41) is 10.6. The Hall–Kier alpha value is -1.35. The molecule has 1 heterocycles. The Bertz CT molecular complexity index is 507. The quantitative estimate of drug-likeness (QED) is 0.928. The molecule has 3 heteroatoms. The molecule has 1 aromatic rings. The predicted octanol–water partition coefficient (Wildman–Crippen LogP) is 3.47. The van der Waals surface area contributed by atoms with E-state index in [0.29, 0.717) is 5.41 Å². The number of amides is 1. The van der Waals surface area contributed by atoms with Crippen molar-refractivity contribution in [2.24, 2.45) is 5.41 Å². The van der Waals surface area contributed by atoms with Gasteiger partial charge in [0.15, 0.2) is 0 Å². The normalized spacial score (nSPS) is 23.5. The van der Waals surface area contributed by atoms with Crippen LogP contribution >= 0.6 is 0 Å². The van der Waals surface area contributed by atoms with E-state index in [1.807, 2.05) is 35.2 Å².